The Balaban J connectivity index is 1.75. The van der Waals surface area contributed by atoms with Gasteiger partial charge in [-0.25, -0.2) is 0 Å². The van der Waals surface area contributed by atoms with Crippen molar-refractivity contribution >= 4 is 29.6 Å². The van der Waals surface area contributed by atoms with Gasteiger partial charge in [-0.3, -0.25) is 20.4 Å². The lowest BCUT2D eigenvalue weighted by Gasteiger charge is -2.07. The molecular formula is C16H14ClN3O4. The summed E-state index contributed by atoms with van der Waals surface area (Å²) in [4.78, 5) is 28.1. The minimum Gasteiger partial charge on any atom is -0.507 e. The van der Waals surface area contributed by atoms with E-state index in [9.17, 15) is 14.7 Å². The Hall–Kier alpha value is -3.06. The number of phenolic OH excluding ortho intramolecular Hbond substituents is 1. The van der Waals surface area contributed by atoms with Crippen molar-refractivity contribution in [3.63, 3.8) is 0 Å². The zero-order valence-electron chi connectivity index (χ0n) is 12.4. The van der Waals surface area contributed by atoms with Crippen molar-refractivity contribution in [2.75, 3.05) is 6.61 Å². The van der Waals surface area contributed by atoms with Crippen LogP contribution in [0.2, 0.25) is 5.02 Å². The Morgan fingerprint density at radius 1 is 1.12 bits per heavy atom. The molecule has 24 heavy (non-hydrogen) atoms. The van der Waals surface area contributed by atoms with Crippen LogP contribution in [0, 0.1) is 0 Å². The predicted octanol–water partition coefficient (Wildman–Crippen LogP) is 1.86. The maximum atomic E-state index is 11.8. The van der Waals surface area contributed by atoms with Crippen molar-refractivity contribution in [2.24, 2.45) is 5.16 Å². The second-order valence-electron chi connectivity index (χ2n) is 4.55. The maximum Gasteiger partial charge on any atom is 0.279 e. The molecule has 0 aliphatic heterocycles. The Labute approximate surface area is 142 Å². The first-order chi connectivity index (χ1) is 11.6. The largest absolute Gasteiger partial charge is 0.507 e. The summed E-state index contributed by atoms with van der Waals surface area (Å²) in [5.41, 5.74) is 5.07. The molecule has 2 aromatic carbocycles. The van der Waals surface area contributed by atoms with Gasteiger partial charge in [0, 0.05) is 5.56 Å². The summed E-state index contributed by atoms with van der Waals surface area (Å²) < 4.78 is 0. The number of para-hydroxylation sites is 1. The van der Waals surface area contributed by atoms with E-state index in [0.717, 1.165) is 0 Å². The first-order valence-corrected chi connectivity index (χ1v) is 7.23. The van der Waals surface area contributed by atoms with E-state index < -0.39 is 18.4 Å². The number of rotatable bonds is 5. The number of nitrogens with zero attached hydrogens (tertiary/aromatic N) is 1. The molecule has 0 aliphatic rings. The Morgan fingerprint density at radius 2 is 1.83 bits per heavy atom. The molecule has 0 aliphatic carbocycles. The highest BCUT2D eigenvalue weighted by Gasteiger charge is 2.10. The minimum atomic E-state index is -0.607. The van der Waals surface area contributed by atoms with Gasteiger partial charge in [-0.15, -0.1) is 0 Å². The third kappa shape index (κ3) is 4.99. The van der Waals surface area contributed by atoms with E-state index in [4.69, 9.17) is 16.4 Å². The third-order valence-corrected chi connectivity index (χ3v) is 3.16. The average Bonchev–Trinajstić information content (AvgIpc) is 2.58. The summed E-state index contributed by atoms with van der Waals surface area (Å²) in [6, 6.07) is 12.9. The molecule has 2 amide bonds. The van der Waals surface area contributed by atoms with E-state index in [2.05, 4.69) is 16.0 Å². The number of hydrazine groups is 1. The van der Waals surface area contributed by atoms with Crippen LogP contribution < -0.4 is 10.9 Å². The van der Waals surface area contributed by atoms with Gasteiger partial charge in [-0.1, -0.05) is 41.0 Å². The number of nitrogens with one attached hydrogen (secondary N) is 2. The van der Waals surface area contributed by atoms with Crippen molar-refractivity contribution in [1.82, 2.24) is 10.9 Å². The number of carbonyl (C=O) groups is 2. The van der Waals surface area contributed by atoms with E-state index in [1.807, 2.05) is 0 Å². The molecule has 124 valence electrons. The molecule has 0 spiro atoms. The van der Waals surface area contributed by atoms with Crippen molar-refractivity contribution in [3.8, 4) is 5.75 Å². The molecule has 3 N–H and O–H groups in total. The number of carbonyl (C=O) groups excluding carboxylic acids is 2. The molecule has 2 rings (SSSR count). The number of phenols is 1. The van der Waals surface area contributed by atoms with Gasteiger partial charge < -0.3 is 9.94 Å². The first-order valence-electron chi connectivity index (χ1n) is 6.85. The van der Waals surface area contributed by atoms with Crippen molar-refractivity contribution in [3.05, 3.63) is 64.7 Å². The van der Waals surface area contributed by atoms with Crippen molar-refractivity contribution < 1.29 is 19.5 Å². The Bertz CT molecular complexity index is 764. The van der Waals surface area contributed by atoms with E-state index in [1.54, 1.807) is 36.4 Å². The van der Waals surface area contributed by atoms with Gasteiger partial charge in [0.15, 0.2) is 6.61 Å². The zero-order valence-corrected chi connectivity index (χ0v) is 13.2. The van der Waals surface area contributed by atoms with Gasteiger partial charge in [0.1, 0.15) is 5.75 Å². The molecule has 0 aromatic heterocycles. The van der Waals surface area contributed by atoms with Crippen LogP contribution in [-0.2, 0) is 9.63 Å². The van der Waals surface area contributed by atoms with Crippen LogP contribution in [0.3, 0.4) is 0 Å². The van der Waals surface area contributed by atoms with E-state index in [0.29, 0.717) is 5.56 Å². The van der Waals surface area contributed by atoms with Crippen LogP contribution >= 0.6 is 11.6 Å². The highest BCUT2D eigenvalue weighted by molar-refractivity contribution is 6.33. The lowest BCUT2D eigenvalue weighted by molar-refractivity contribution is -0.126. The van der Waals surface area contributed by atoms with Crippen LogP contribution in [0.15, 0.2) is 53.7 Å². The molecule has 2 aromatic rings. The van der Waals surface area contributed by atoms with Gasteiger partial charge in [0.2, 0.25) is 0 Å². The predicted molar refractivity (Wildman–Crippen MR) is 88.7 cm³/mol. The number of aromatic hydroxyl groups is 1. The van der Waals surface area contributed by atoms with Crippen LogP contribution in [0.4, 0.5) is 0 Å². The molecule has 0 unspecified atom stereocenters. The number of halogens is 1. The number of hydrogen-bond acceptors (Lipinski definition) is 5. The molecular weight excluding hydrogens is 334 g/mol. The van der Waals surface area contributed by atoms with Crippen LogP contribution in [0.5, 0.6) is 5.75 Å². The lowest BCUT2D eigenvalue weighted by atomic mass is 10.2. The van der Waals surface area contributed by atoms with Gasteiger partial charge in [-0.05, 0) is 24.3 Å². The van der Waals surface area contributed by atoms with E-state index in [1.165, 1.54) is 18.3 Å². The zero-order chi connectivity index (χ0) is 17.4. The maximum absolute atomic E-state index is 11.8. The molecule has 0 fully saturated rings. The minimum absolute atomic E-state index is 0.0429. The third-order valence-electron chi connectivity index (χ3n) is 2.83. The second-order valence-corrected chi connectivity index (χ2v) is 4.96. The van der Waals surface area contributed by atoms with Crippen LogP contribution in [0.1, 0.15) is 15.9 Å². The fourth-order valence-electron chi connectivity index (χ4n) is 1.66. The van der Waals surface area contributed by atoms with Crippen molar-refractivity contribution in [2.45, 2.75) is 0 Å². The Kier molecular flexibility index (Phi) is 6.16. The summed E-state index contributed by atoms with van der Waals surface area (Å²) in [5, 5.41) is 13.3. The van der Waals surface area contributed by atoms with Gasteiger partial charge in [0.25, 0.3) is 11.8 Å². The number of benzene rings is 2. The normalized spacial score (nSPS) is 10.4. The SMILES string of the molecule is O=C(CO/N=C/c1ccccc1O)NNC(=O)c1ccccc1Cl. The summed E-state index contributed by atoms with van der Waals surface area (Å²) in [5.74, 6) is -1.11. The molecule has 0 radical (unpaired) electrons. The van der Waals surface area contributed by atoms with Crippen LogP contribution in [0.25, 0.3) is 0 Å². The van der Waals surface area contributed by atoms with E-state index >= 15 is 0 Å². The van der Waals surface area contributed by atoms with Gasteiger partial charge in [0.05, 0.1) is 16.8 Å². The first kappa shape index (κ1) is 17.3. The smallest absolute Gasteiger partial charge is 0.279 e. The molecule has 0 saturated heterocycles. The quantitative estimate of drug-likeness (QED) is 0.567. The average molecular weight is 348 g/mol. The number of oxime groups is 1. The number of hydrogen-bond donors (Lipinski definition) is 3. The molecule has 0 atom stereocenters. The van der Waals surface area contributed by atoms with Gasteiger partial charge >= 0.3 is 0 Å². The summed E-state index contributed by atoms with van der Waals surface area (Å²) in [6.07, 6.45) is 1.27. The molecule has 0 saturated carbocycles. The lowest BCUT2D eigenvalue weighted by Crippen LogP contribution is -2.43. The summed E-state index contributed by atoms with van der Waals surface area (Å²) in [7, 11) is 0. The second kappa shape index (κ2) is 8.54. The monoisotopic (exact) mass is 347 g/mol. The molecule has 0 bridgehead atoms. The molecule has 7 nitrogen and oxygen atoms in total. The van der Waals surface area contributed by atoms with Crippen LogP contribution in [-0.4, -0.2) is 29.7 Å². The van der Waals surface area contributed by atoms with Gasteiger partial charge in [-0.2, -0.15) is 0 Å². The van der Waals surface area contributed by atoms with Crippen molar-refractivity contribution in [1.29, 1.82) is 0 Å². The Morgan fingerprint density at radius 3 is 2.58 bits per heavy atom. The van der Waals surface area contributed by atoms with E-state index in [-0.39, 0.29) is 16.3 Å². The summed E-state index contributed by atoms with van der Waals surface area (Å²) in [6.45, 7) is -0.410. The number of amides is 2. The fourth-order valence-corrected chi connectivity index (χ4v) is 1.88. The fraction of sp³-hybridized carbons (Fsp3) is 0.0625. The molecule has 0 heterocycles. The summed E-state index contributed by atoms with van der Waals surface area (Å²) >= 11 is 5.87. The highest BCUT2D eigenvalue weighted by atomic mass is 35.5. The standard InChI is InChI=1S/C16H14ClN3O4/c17-13-7-3-2-6-12(13)16(23)20-19-15(22)10-24-18-9-11-5-1-4-8-14(11)21/h1-9,21H,10H2,(H,19,22)(H,20,23)/b18-9+. The topological polar surface area (TPSA) is 100 Å². The molecule has 8 heteroatoms. The highest BCUT2D eigenvalue weighted by Crippen LogP contribution is 2.14.